The molecular weight excluding hydrogens is 733 g/mol. The number of esters is 3. The van der Waals surface area contributed by atoms with E-state index in [1.54, 1.807) is 0 Å². The minimum absolute atomic E-state index is 0.0828. The molecule has 0 saturated carbocycles. The van der Waals surface area contributed by atoms with Gasteiger partial charge in [-0.15, -0.1) is 0 Å². The van der Waals surface area contributed by atoms with Crippen molar-refractivity contribution in [2.75, 3.05) is 13.2 Å². The maximum absolute atomic E-state index is 12.8. The molecule has 0 N–H and O–H groups in total. The van der Waals surface area contributed by atoms with Crippen LogP contribution in [0.1, 0.15) is 252 Å². The third-order valence-corrected chi connectivity index (χ3v) is 10.8. The van der Waals surface area contributed by atoms with Gasteiger partial charge >= 0.3 is 17.9 Å². The Morgan fingerprint density at radius 1 is 0.356 bits per heavy atom. The van der Waals surface area contributed by atoms with Gasteiger partial charge in [-0.1, -0.05) is 223 Å². The molecule has 59 heavy (non-hydrogen) atoms. The summed E-state index contributed by atoms with van der Waals surface area (Å²) in [5.41, 5.74) is 0. The third-order valence-electron chi connectivity index (χ3n) is 10.8. The van der Waals surface area contributed by atoms with Crippen molar-refractivity contribution < 1.29 is 28.6 Å². The first-order valence-electron chi connectivity index (χ1n) is 25.1. The molecule has 0 fully saturated rings. The number of hydrogen-bond donors (Lipinski definition) is 0. The van der Waals surface area contributed by atoms with Crippen LogP contribution >= 0.6 is 0 Å². The van der Waals surface area contributed by atoms with E-state index in [0.717, 1.165) is 83.5 Å². The lowest BCUT2D eigenvalue weighted by Gasteiger charge is -2.18. The molecule has 0 aliphatic rings. The van der Waals surface area contributed by atoms with E-state index in [2.05, 4.69) is 69.4 Å². The first kappa shape index (κ1) is 56.4. The first-order valence-corrected chi connectivity index (χ1v) is 25.1. The highest BCUT2D eigenvalue weighted by Gasteiger charge is 2.19. The zero-order chi connectivity index (χ0) is 43.0. The predicted octanol–water partition coefficient (Wildman–Crippen LogP) is 16.3. The standard InChI is InChI=1S/C53H94O6/c1-4-7-10-13-16-19-22-24-26-28-31-34-37-40-43-46-52(55)58-49-50(48-57-51(54)45-42-39-36-33-30-21-18-15-12-9-6-3)59-53(56)47-44-41-38-35-32-29-27-25-23-20-17-14-11-8-5-2/h7,10,16,19,24,26,31,34,50H,4-6,8-9,11-15,17-18,20-23,25,27-30,32-33,35-49H2,1-3H3/b10-7-,19-16-,26-24-,34-31-/t50-/m1/s1. The topological polar surface area (TPSA) is 78.9 Å². The lowest BCUT2D eigenvalue weighted by molar-refractivity contribution is -0.167. The summed E-state index contributed by atoms with van der Waals surface area (Å²) in [5, 5.41) is 0. The highest BCUT2D eigenvalue weighted by Crippen LogP contribution is 2.15. The number of carbonyl (C=O) groups is 3. The third kappa shape index (κ3) is 46.3. The van der Waals surface area contributed by atoms with Crippen LogP contribution < -0.4 is 0 Å². The van der Waals surface area contributed by atoms with Crippen LogP contribution in [-0.4, -0.2) is 37.2 Å². The number of allylic oxidation sites excluding steroid dienone is 8. The first-order chi connectivity index (χ1) is 29.0. The predicted molar refractivity (Wildman–Crippen MR) is 252 cm³/mol. The minimum Gasteiger partial charge on any atom is -0.462 e. The van der Waals surface area contributed by atoms with Crippen molar-refractivity contribution in [1.29, 1.82) is 0 Å². The molecule has 0 aromatic rings. The summed E-state index contributed by atoms with van der Waals surface area (Å²) in [7, 11) is 0. The van der Waals surface area contributed by atoms with Gasteiger partial charge in [-0.3, -0.25) is 14.4 Å². The van der Waals surface area contributed by atoms with Crippen molar-refractivity contribution in [3.05, 3.63) is 48.6 Å². The van der Waals surface area contributed by atoms with Gasteiger partial charge in [0.2, 0.25) is 0 Å². The van der Waals surface area contributed by atoms with Gasteiger partial charge in [0.15, 0.2) is 6.10 Å². The van der Waals surface area contributed by atoms with Gasteiger partial charge in [0, 0.05) is 19.3 Å². The summed E-state index contributed by atoms with van der Waals surface area (Å²) in [6, 6.07) is 0. The van der Waals surface area contributed by atoms with Crippen molar-refractivity contribution in [1.82, 2.24) is 0 Å². The number of carbonyl (C=O) groups excluding carboxylic acids is 3. The zero-order valence-electron chi connectivity index (χ0n) is 39.0. The van der Waals surface area contributed by atoms with Gasteiger partial charge in [-0.25, -0.2) is 0 Å². The SMILES string of the molecule is CC/C=C\C/C=C\C/C=C\C/C=C\CCCCC(=O)OC[C@@H](COC(=O)CCCCCCCCCCCCC)OC(=O)CCCCCCCCCCCCCCCCC. The van der Waals surface area contributed by atoms with Gasteiger partial charge in [-0.05, 0) is 57.8 Å². The highest BCUT2D eigenvalue weighted by atomic mass is 16.6. The molecule has 0 aliphatic carbocycles. The molecule has 0 bridgehead atoms. The Kier molecular flexibility index (Phi) is 45.9. The molecule has 0 saturated heterocycles. The quantitative estimate of drug-likeness (QED) is 0.0263. The smallest absolute Gasteiger partial charge is 0.306 e. The average Bonchev–Trinajstić information content (AvgIpc) is 3.23. The van der Waals surface area contributed by atoms with Crippen LogP contribution in [0.15, 0.2) is 48.6 Å². The second-order valence-electron chi connectivity index (χ2n) is 16.7. The number of unbranched alkanes of at least 4 members (excludes halogenated alkanes) is 26. The second kappa shape index (κ2) is 48.0. The van der Waals surface area contributed by atoms with E-state index in [1.165, 1.54) is 128 Å². The zero-order valence-corrected chi connectivity index (χ0v) is 39.0. The molecule has 0 aromatic heterocycles. The van der Waals surface area contributed by atoms with Gasteiger partial charge < -0.3 is 14.2 Å². The highest BCUT2D eigenvalue weighted by molar-refractivity contribution is 5.71. The number of ether oxygens (including phenoxy) is 3. The Morgan fingerprint density at radius 3 is 1.03 bits per heavy atom. The molecule has 0 radical (unpaired) electrons. The van der Waals surface area contributed by atoms with E-state index in [-0.39, 0.29) is 31.1 Å². The van der Waals surface area contributed by atoms with Crippen LogP contribution in [0.2, 0.25) is 0 Å². The van der Waals surface area contributed by atoms with Crippen LogP contribution in [-0.2, 0) is 28.6 Å². The van der Waals surface area contributed by atoms with Crippen molar-refractivity contribution >= 4 is 17.9 Å². The molecule has 0 amide bonds. The Labute approximate surface area is 365 Å². The average molecular weight is 827 g/mol. The fourth-order valence-electron chi connectivity index (χ4n) is 7.08. The van der Waals surface area contributed by atoms with Gasteiger partial charge in [0.1, 0.15) is 13.2 Å². The van der Waals surface area contributed by atoms with E-state index >= 15 is 0 Å². The van der Waals surface area contributed by atoms with Crippen LogP contribution in [0.4, 0.5) is 0 Å². The van der Waals surface area contributed by atoms with Gasteiger partial charge in [-0.2, -0.15) is 0 Å². The number of hydrogen-bond acceptors (Lipinski definition) is 6. The molecular formula is C53H94O6. The molecule has 6 heteroatoms. The van der Waals surface area contributed by atoms with Crippen LogP contribution in [0, 0.1) is 0 Å². The summed E-state index contributed by atoms with van der Waals surface area (Å²) in [4.78, 5) is 37.9. The molecule has 0 aliphatic heterocycles. The van der Waals surface area contributed by atoms with E-state index in [0.29, 0.717) is 19.3 Å². The van der Waals surface area contributed by atoms with Crippen LogP contribution in [0.25, 0.3) is 0 Å². The fraction of sp³-hybridized carbons (Fsp3) is 0.792. The molecule has 1 atom stereocenters. The monoisotopic (exact) mass is 827 g/mol. The minimum atomic E-state index is -0.784. The summed E-state index contributed by atoms with van der Waals surface area (Å²) in [6.07, 6.45) is 56.6. The maximum Gasteiger partial charge on any atom is 0.306 e. The van der Waals surface area contributed by atoms with Crippen molar-refractivity contribution in [2.45, 2.75) is 258 Å². The molecule has 0 aromatic carbocycles. The van der Waals surface area contributed by atoms with E-state index in [4.69, 9.17) is 14.2 Å². The van der Waals surface area contributed by atoms with E-state index in [1.807, 2.05) is 0 Å². The van der Waals surface area contributed by atoms with Crippen molar-refractivity contribution in [3.8, 4) is 0 Å². The lowest BCUT2D eigenvalue weighted by atomic mass is 10.0. The number of rotatable bonds is 45. The Hall–Kier alpha value is -2.63. The normalized spacial score (nSPS) is 12.4. The molecule has 0 unspecified atom stereocenters. The van der Waals surface area contributed by atoms with Crippen LogP contribution in [0.5, 0.6) is 0 Å². The molecule has 6 nitrogen and oxygen atoms in total. The lowest BCUT2D eigenvalue weighted by Crippen LogP contribution is -2.30. The molecule has 0 rings (SSSR count). The summed E-state index contributed by atoms with van der Waals surface area (Å²) in [6.45, 7) is 6.49. The van der Waals surface area contributed by atoms with Gasteiger partial charge in [0.05, 0.1) is 0 Å². The maximum atomic E-state index is 12.8. The fourth-order valence-corrected chi connectivity index (χ4v) is 7.08. The molecule has 342 valence electrons. The molecule has 0 heterocycles. The van der Waals surface area contributed by atoms with Crippen molar-refractivity contribution in [2.24, 2.45) is 0 Å². The summed E-state index contributed by atoms with van der Waals surface area (Å²) >= 11 is 0. The Morgan fingerprint density at radius 2 is 0.661 bits per heavy atom. The largest absolute Gasteiger partial charge is 0.462 e. The van der Waals surface area contributed by atoms with Crippen LogP contribution in [0.3, 0.4) is 0 Å². The van der Waals surface area contributed by atoms with Gasteiger partial charge in [0.25, 0.3) is 0 Å². The van der Waals surface area contributed by atoms with E-state index < -0.39 is 6.10 Å². The summed E-state index contributed by atoms with van der Waals surface area (Å²) in [5.74, 6) is -0.919. The second-order valence-corrected chi connectivity index (χ2v) is 16.7. The summed E-state index contributed by atoms with van der Waals surface area (Å²) < 4.78 is 16.7. The van der Waals surface area contributed by atoms with E-state index in [9.17, 15) is 14.4 Å². The Balaban J connectivity index is 4.41. The van der Waals surface area contributed by atoms with Crippen molar-refractivity contribution in [3.63, 3.8) is 0 Å². The Bertz CT molecular complexity index is 1040. The molecule has 0 spiro atoms.